The second-order valence-electron chi connectivity index (χ2n) is 5.06. The SMILES string of the molecule is CC1CC(NC2=NCC(C3CC3)S2)C1. The number of aliphatic imine (C=N–C) groups is 1. The maximum Gasteiger partial charge on any atom is 0.157 e. The summed E-state index contributed by atoms with van der Waals surface area (Å²) in [6.45, 7) is 3.40. The number of rotatable bonds is 2. The maximum atomic E-state index is 4.59. The van der Waals surface area contributed by atoms with Gasteiger partial charge in [0.2, 0.25) is 0 Å². The summed E-state index contributed by atoms with van der Waals surface area (Å²) in [6, 6.07) is 0.731. The molecule has 2 saturated carbocycles. The van der Waals surface area contributed by atoms with E-state index in [1.54, 1.807) is 0 Å². The lowest BCUT2D eigenvalue weighted by Crippen LogP contribution is -2.42. The molecule has 78 valence electrons. The van der Waals surface area contributed by atoms with Crippen LogP contribution in [-0.4, -0.2) is 23.0 Å². The third-order valence-corrected chi connectivity index (χ3v) is 4.83. The highest BCUT2D eigenvalue weighted by Crippen LogP contribution is 2.41. The molecule has 0 aromatic heterocycles. The van der Waals surface area contributed by atoms with Crippen molar-refractivity contribution in [2.75, 3.05) is 6.54 Å². The van der Waals surface area contributed by atoms with Crippen LogP contribution >= 0.6 is 11.8 Å². The zero-order chi connectivity index (χ0) is 9.54. The molecule has 3 heteroatoms. The molecular weight excluding hydrogens is 192 g/mol. The Labute approximate surface area is 89.9 Å². The molecule has 14 heavy (non-hydrogen) atoms. The number of amidine groups is 1. The summed E-state index contributed by atoms with van der Waals surface area (Å²) in [5, 5.41) is 5.62. The largest absolute Gasteiger partial charge is 0.362 e. The fourth-order valence-corrected chi connectivity index (χ4v) is 3.66. The quantitative estimate of drug-likeness (QED) is 0.756. The van der Waals surface area contributed by atoms with Crippen LogP contribution in [0.1, 0.15) is 32.6 Å². The molecular formula is C11H18N2S. The Balaban J connectivity index is 1.45. The molecule has 2 fully saturated rings. The molecule has 0 aromatic carbocycles. The number of nitrogens with zero attached hydrogens (tertiary/aromatic N) is 1. The second-order valence-corrected chi connectivity index (χ2v) is 6.29. The van der Waals surface area contributed by atoms with E-state index in [9.17, 15) is 0 Å². The van der Waals surface area contributed by atoms with Crippen LogP contribution in [0.15, 0.2) is 4.99 Å². The first-order valence-corrected chi connectivity index (χ1v) is 6.67. The lowest BCUT2D eigenvalue weighted by Gasteiger charge is -2.33. The second kappa shape index (κ2) is 3.44. The van der Waals surface area contributed by atoms with Gasteiger partial charge >= 0.3 is 0 Å². The first-order valence-electron chi connectivity index (χ1n) is 5.79. The topological polar surface area (TPSA) is 24.4 Å². The molecule has 3 rings (SSSR count). The molecule has 0 aromatic rings. The van der Waals surface area contributed by atoms with Crippen molar-refractivity contribution in [2.24, 2.45) is 16.8 Å². The van der Waals surface area contributed by atoms with E-state index in [4.69, 9.17) is 0 Å². The fourth-order valence-electron chi connectivity index (χ4n) is 2.38. The van der Waals surface area contributed by atoms with Crippen molar-refractivity contribution in [1.29, 1.82) is 0 Å². The van der Waals surface area contributed by atoms with E-state index in [1.807, 2.05) is 11.8 Å². The standard InChI is InChI=1S/C11H18N2S/c1-7-4-9(5-7)13-11-12-6-10(14-11)8-2-3-8/h7-10H,2-6H2,1H3,(H,12,13). The minimum Gasteiger partial charge on any atom is -0.362 e. The average molecular weight is 210 g/mol. The molecule has 0 bridgehead atoms. The lowest BCUT2D eigenvalue weighted by atomic mass is 9.82. The summed E-state index contributed by atoms with van der Waals surface area (Å²) < 4.78 is 0. The van der Waals surface area contributed by atoms with Gasteiger partial charge in [-0.2, -0.15) is 0 Å². The van der Waals surface area contributed by atoms with Crippen molar-refractivity contribution >= 4 is 16.9 Å². The van der Waals surface area contributed by atoms with Gasteiger partial charge in [0.15, 0.2) is 5.17 Å². The van der Waals surface area contributed by atoms with Crippen LogP contribution in [-0.2, 0) is 0 Å². The average Bonchev–Trinajstić information content (AvgIpc) is 2.86. The van der Waals surface area contributed by atoms with Gasteiger partial charge in [-0.1, -0.05) is 18.7 Å². The molecule has 0 amide bonds. The van der Waals surface area contributed by atoms with Crippen LogP contribution in [0.2, 0.25) is 0 Å². The first-order chi connectivity index (χ1) is 6.81. The Morgan fingerprint density at radius 2 is 2.14 bits per heavy atom. The van der Waals surface area contributed by atoms with Crippen molar-refractivity contribution in [3.63, 3.8) is 0 Å². The Kier molecular flexibility index (Phi) is 2.23. The maximum absolute atomic E-state index is 4.59. The van der Waals surface area contributed by atoms with Crippen LogP contribution in [0.3, 0.4) is 0 Å². The van der Waals surface area contributed by atoms with Gasteiger partial charge < -0.3 is 5.32 Å². The zero-order valence-electron chi connectivity index (χ0n) is 8.70. The molecule has 0 saturated heterocycles. The smallest absolute Gasteiger partial charge is 0.157 e. The predicted molar refractivity (Wildman–Crippen MR) is 61.7 cm³/mol. The van der Waals surface area contributed by atoms with Gasteiger partial charge in [0, 0.05) is 11.3 Å². The number of nitrogens with one attached hydrogen (secondary N) is 1. The predicted octanol–water partition coefficient (Wildman–Crippen LogP) is 2.26. The third kappa shape index (κ3) is 1.79. The number of thioether (sulfide) groups is 1. The van der Waals surface area contributed by atoms with E-state index in [1.165, 1.54) is 30.9 Å². The van der Waals surface area contributed by atoms with Crippen LogP contribution in [0.25, 0.3) is 0 Å². The zero-order valence-corrected chi connectivity index (χ0v) is 9.52. The van der Waals surface area contributed by atoms with Gasteiger partial charge in [-0.05, 0) is 37.5 Å². The van der Waals surface area contributed by atoms with E-state index in [2.05, 4.69) is 17.2 Å². The molecule has 0 spiro atoms. The molecule has 1 atom stereocenters. The minimum absolute atomic E-state index is 0.731. The Morgan fingerprint density at radius 1 is 1.36 bits per heavy atom. The van der Waals surface area contributed by atoms with Crippen molar-refractivity contribution in [3.05, 3.63) is 0 Å². The first kappa shape index (κ1) is 9.08. The fraction of sp³-hybridized carbons (Fsp3) is 0.909. The summed E-state index contributed by atoms with van der Waals surface area (Å²) in [4.78, 5) is 4.59. The molecule has 1 unspecified atom stereocenters. The van der Waals surface area contributed by atoms with Crippen LogP contribution in [0.4, 0.5) is 0 Å². The van der Waals surface area contributed by atoms with Crippen LogP contribution in [0, 0.1) is 11.8 Å². The Morgan fingerprint density at radius 3 is 2.79 bits per heavy atom. The molecule has 0 radical (unpaired) electrons. The van der Waals surface area contributed by atoms with Crippen molar-refractivity contribution in [2.45, 2.75) is 43.9 Å². The van der Waals surface area contributed by atoms with Crippen molar-refractivity contribution in [3.8, 4) is 0 Å². The molecule has 2 nitrogen and oxygen atoms in total. The molecule has 1 N–H and O–H groups in total. The molecule has 3 aliphatic rings. The summed E-state index contributed by atoms with van der Waals surface area (Å²) in [7, 11) is 0. The number of hydrogen-bond donors (Lipinski definition) is 1. The molecule has 1 aliphatic heterocycles. The van der Waals surface area contributed by atoms with Gasteiger partial charge in [0.1, 0.15) is 0 Å². The highest BCUT2D eigenvalue weighted by atomic mass is 32.2. The highest BCUT2D eigenvalue weighted by Gasteiger charge is 2.36. The van der Waals surface area contributed by atoms with Gasteiger partial charge in [-0.3, -0.25) is 4.99 Å². The lowest BCUT2D eigenvalue weighted by molar-refractivity contribution is 0.269. The summed E-state index contributed by atoms with van der Waals surface area (Å²) >= 11 is 2.00. The van der Waals surface area contributed by atoms with E-state index in [-0.39, 0.29) is 0 Å². The van der Waals surface area contributed by atoms with Crippen LogP contribution in [0.5, 0.6) is 0 Å². The summed E-state index contributed by atoms with van der Waals surface area (Å²) in [5.74, 6) is 1.92. The third-order valence-electron chi connectivity index (χ3n) is 3.53. The normalized spacial score (nSPS) is 41.8. The van der Waals surface area contributed by atoms with Gasteiger partial charge in [0.25, 0.3) is 0 Å². The van der Waals surface area contributed by atoms with Gasteiger partial charge in [-0.25, -0.2) is 0 Å². The Bertz CT molecular complexity index is 254. The summed E-state index contributed by atoms with van der Waals surface area (Å²) in [6.07, 6.45) is 5.57. The number of hydrogen-bond acceptors (Lipinski definition) is 3. The molecule has 1 heterocycles. The van der Waals surface area contributed by atoms with Crippen molar-refractivity contribution < 1.29 is 0 Å². The molecule has 2 aliphatic carbocycles. The van der Waals surface area contributed by atoms with Crippen LogP contribution < -0.4 is 5.32 Å². The van der Waals surface area contributed by atoms with E-state index in [0.29, 0.717) is 0 Å². The van der Waals surface area contributed by atoms with E-state index in [0.717, 1.165) is 29.7 Å². The van der Waals surface area contributed by atoms with Gasteiger partial charge in [-0.15, -0.1) is 0 Å². The minimum atomic E-state index is 0.731. The Hall–Kier alpha value is -0.180. The van der Waals surface area contributed by atoms with E-state index < -0.39 is 0 Å². The highest BCUT2D eigenvalue weighted by molar-refractivity contribution is 8.14. The van der Waals surface area contributed by atoms with Gasteiger partial charge in [0.05, 0.1) is 6.54 Å². The van der Waals surface area contributed by atoms with Crippen molar-refractivity contribution in [1.82, 2.24) is 5.32 Å². The van der Waals surface area contributed by atoms with E-state index >= 15 is 0 Å². The summed E-state index contributed by atoms with van der Waals surface area (Å²) in [5.41, 5.74) is 0. The monoisotopic (exact) mass is 210 g/mol.